The zero-order valence-corrected chi connectivity index (χ0v) is 12.9. The topological polar surface area (TPSA) is 21.3 Å². The molecule has 0 aliphatic heterocycles. The van der Waals surface area contributed by atoms with Gasteiger partial charge in [0.25, 0.3) is 0 Å². The predicted molar refractivity (Wildman–Crippen MR) is 75.0 cm³/mol. The van der Waals surface area contributed by atoms with E-state index in [0.29, 0.717) is 18.4 Å². The number of ether oxygens (including phenoxy) is 1. The Hall–Kier alpha value is -0.360. The highest BCUT2D eigenvalue weighted by Crippen LogP contribution is 2.34. The molecule has 126 valence electrons. The second-order valence-corrected chi connectivity index (χ2v) is 5.86. The number of likely N-dealkylation sites (N-methyl/N-ethyl adjacent to an activating group) is 1. The highest BCUT2D eigenvalue weighted by atomic mass is 19.3. The number of rotatable bonds is 9. The molecule has 0 radical (unpaired) electrons. The Morgan fingerprint density at radius 1 is 1.19 bits per heavy atom. The van der Waals surface area contributed by atoms with E-state index in [1.165, 1.54) is 6.42 Å². The molecule has 0 aromatic carbocycles. The Bertz CT molecular complexity index is 289. The van der Waals surface area contributed by atoms with Gasteiger partial charge in [-0.15, -0.1) is 0 Å². The molecule has 1 aliphatic rings. The summed E-state index contributed by atoms with van der Waals surface area (Å²) in [6, 6.07) is -0.0336. The summed E-state index contributed by atoms with van der Waals surface area (Å²) in [5, 5.41) is 3.27. The number of nitrogens with one attached hydrogen (secondary N) is 1. The van der Waals surface area contributed by atoms with E-state index in [9.17, 15) is 17.6 Å². The maximum atomic E-state index is 12.9. The van der Waals surface area contributed by atoms with E-state index in [0.717, 1.165) is 25.7 Å². The van der Waals surface area contributed by atoms with Crippen LogP contribution in [0.1, 0.15) is 46.0 Å². The van der Waals surface area contributed by atoms with Gasteiger partial charge in [-0.25, -0.2) is 8.78 Å². The van der Waals surface area contributed by atoms with Crippen molar-refractivity contribution in [2.75, 3.05) is 19.8 Å². The summed E-state index contributed by atoms with van der Waals surface area (Å²) in [4.78, 5) is 0. The fourth-order valence-electron chi connectivity index (χ4n) is 3.25. The van der Waals surface area contributed by atoms with Crippen LogP contribution in [0.5, 0.6) is 0 Å². The maximum Gasteiger partial charge on any atom is 0.330 e. The van der Waals surface area contributed by atoms with Crippen LogP contribution in [0.15, 0.2) is 0 Å². The Labute approximate surface area is 124 Å². The average molecular weight is 313 g/mol. The van der Waals surface area contributed by atoms with Gasteiger partial charge in [0.1, 0.15) is 6.61 Å². The van der Waals surface area contributed by atoms with Gasteiger partial charge in [0, 0.05) is 6.04 Å². The molecule has 1 fully saturated rings. The molecule has 0 saturated heterocycles. The van der Waals surface area contributed by atoms with Crippen molar-refractivity contribution in [3.05, 3.63) is 0 Å². The molecular weight excluding hydrogens is 286 g/mol. The molecule has 0 spiro atoms. The normalized spacial score (nSPS) is 25.3. The zero-order chi connectivity index (χ0) is 15.9. The molecule has 2 nitrogen and oxygen atoms in total. The van der Waals surface area contributed by atoms with Crippen molar-refractivity contribution in [1.82, 2.24) is 5.32 Å². The predicted octanol–water partition coefficient (Wildman–Crippen LogP) is 4.10. The minimum absolute atomic E-state index is 0.0336. The summed E-state index contributed by atoms with van der Waals surface area (Å²) >= 11 is 0. The molecular formula is C15H27F4NO. The van der Waals surface area contributed by atoms with Crippen molar-refractivity contribution in [3.63, 3.8) is 0 Å². The lowest BCUT2D eigenvalue weighted by Gasteiger charge is -2.37. The van der Waals surface area contributed by atoms with Gasteiger partial charge >= 0.3 is 12.3 Å². The first-order valence-electron chi connectivity index (χ1n) is 7.89. The van der Waals surface area contributed by atoms with Crippen LogP contribution in [-0.2, 0) is 4.74 Å². The Morgan fingerprint density at radius 2 is 1.86 bits per heavy atom. The fraction of sp³-hybridized carbons (Fsp3) is 1.00. The number of hydrogen-bond donors (Lipinski definition) is 1. The summed E-state index contributed by atoms with van der Waals surface area (Å²) in [6.07, 6.45) is 1.92. The first-order valence-corrected chi connectivity index (χ1v) is 7.89. The molecule has 1 aliphatic carbocycles. The van der Waals surface area contributed by atoms with Crippen molar-refractivity contribution >= 4 is 0 Å². The average Bonchev–Trinajstić information content (AvgIpc) is 2.46. The molecule has 0 aromatic heterocycles. The van der Waals surface area contributed by atoms with Crippen LogP contribution >= 0.6 is 0 Å². The molecule has 21 heavy (non-hydrogen) atoms. The lowest BCUT2D eigenvalue weighted by molar-refractivity contribution is -0.168. The van der Waals surface area contributed by atoms with Crippen LogP contribution in [0.3, 0.4) is 0 Å². The van der Waals surface area contributed by atoms with Crippen LogP contribution in [0, 0.1) is 11.8 Å². The third-order valence-corrected chi connectivity index (χ3v) is 4.39. The van der Waals surface area contributed by atoms with E-state index in [2.05, 4.69) is 12.2 Å². The van der Waals surface area contributed by atoms with Crippen LogP contribution in [0.4, 0.5) is 17.6 Å². The SMILES string of the molecule is CCNC(COCC(F)(F)C(F)F)C1CCCCC1CC. The van der Waals surface area contributed by atoms with Gasteiger partial charge in [0.05, 0.1) is 6.61 Å². The van der Waals surface area contributed by atoms with Gasteiger partial charge in [-0.1, -0.05) is 39.5 Å². The van der Waals surface area contributed by atoms with E-state index < -0.39 is 19.0 Å². The van der Waals surface area contributed by atoms with E-state index in [4.69, 9.17) is 4.74 Å². The molecule has 1 saturated carbocycles. The van der Waals surface area contributed by atoms with E-state index in [-0.39, 0.29) is 12.6 Å². The Kier molecular flexibility index (Phi) is 7.95. The monoisotopic (exact) mass is 313 g/mol. The smallest absolute Gasteiger partial charge is 0.330 e. The van der Waals surface area contributed by atoms with Gasteiger partial charge in [-0.2, -0.15) is 8.78 Å². The van der Waals surface area contributed by atoms with Gasteiger partial charge in [-0.05, 0) is 24.8 Å². The molecule has 0 amide bonds. The van der Waals surface area contributed by atoms with Crippen molar-refractivity contribution in [1.29, 1.82) is 0 Å². The summed E-state index contributed by atoms with van der Waals surface area (Å²) in [7, 11) is 0. The third-order valence-electron chi connectivity index (χ3n) is 4.39. The summed E-state index contributed by atoms with van der Waals surface area (Å²) in [6.45, 7) is 3.65. The third kappa shape index (κ3) is 5.74. The van der Waals surface area contributed by atoms with E-state index >= 15 is 0 Å². The second-order valence-electron chi connectivity index (χ2n) is 5.86. The quantitative estimate of drug-likeness (QED) is 0.647. The van der Waals surface area contributed by atoms with Crippen molar-refractivity contribution in [2.45, 2.75) is 64.3 Å². The standard InChI is InChI=1S/C15H27F4NO/c1-3-11-7-5-6-8-12(11)13(20-4-2)9-21-10-15(18,19)14(16)17/h11-14,20H,3-10H2,1-2H3. The molecule has 1 rings (SSSR count). The second kappa shape index (κ2) is 8.93. The van der Waals surface area contributed by atoms with Crippen molar-refractivity contribution in [2.24, 2.45) is 11.8 Å². The summed E-state index contributed by atoms with van der Waals surface area (Å²) in [5.41, 5.74) is 0. The van der Waals surface area contributed by atoms with Gasteiger partial charge in [-0.3, -0.25) is 0 Å². The zero-order valence-electron chi connectivity index (χ0n) is 12.9. The van der Waals surface area contributed by atoms with Gasteiger partial charge in [0.15, 0.2) is 0 Å². The number of halogens is 4. The van der Waals surface area contributed by atoms with Crippen molar-refractivity contribution < 1.29 is 22.3 Å². The maximum absolute atomic E-state index is 12.9. The highest BCUT2D eigenvalue weighted by Gasteiger charge is 2.41. The molecule has 1 N–H and O–H groups in total. The molecule has 3 unspecified atom stereocenters. The van der Waals surface area contributed by atoms with Crippen LogP contribution in [0.2, 0.25) is 0 Å². The lowest BCUT2D eigenvalue weighted by atomic mass is 9.74. The Balaban J connectivity index is 2.52. The fourth-order valence-corrected chi connectivity index (χ4v) is 3.25. The first kappa shape index (κ1) is 18.7. The lowest BCUT2D eigenvalue weighted by Crippen LogP contribution is -2.45. The van der Waals surface area contributed by atoms with E-state index in [1.807, 2.05) is 6.92 Å². The number of alkyl halides is 4. The van der Waals surface area contributed by atoms with Gasteiger partial charge in [0.2, 0.25) is 0 Å². The van der Waals surface area contributed by atoms with E-state index in [1.54, 1.807) is 0 Å². The highest BCUT2D eigenvalue weighted by molar-refractivity contribution is 4.84. The van der Waals surface area contributed by atoms with Crippen molar-refractivity contribution in [3.8, 4) is 0 Å². The molecule has 3 atom stereocenters. The molecule has 0 heterocycles. The minimum Gasteiger partial charge on any atom is -0.373 e. The Morgan fingerprint density at radius 3 is 2.43 bits per heavy atom. The number of hydrogen-bond acceptors (Lipinski definition) is 2. The van der Waals surface area contributed by atoms with Crippen LogP contribution < -0.4 is 5.32 Å². The molecule has 0 aromatic rings. The van der Waals surface area contributed by atoms with Crippen LogP contribution in [0.25, 0.3) is 0 Å². The minimum atomic E-state index is -4.06. The molecule has 0 bridgehead atoms. The van der Waals surface area contributed by atoms with Crippen LogP contribution in [-0.4, -0.2) is 38.1 Å². The summed E-state index contributed by atoms with van der Waals surface area (Å²) in [5.74, 6) is -3.13. The first-order chi connectivity index (χ1) is 9.92. The largest absolute Gasteiger partial charge is 0.373 e. The summed E-state index contributed by atoms with van der Waals surface area (Å²) < 4.78 is 54.9. The van der Waals surface area contributed by atoms with Gasteiger partial charge < -0.3 is 10.1 Å². The molecule has 6 heteroatoms.